The van der Waals surface area contributed by atoms with Gasteiger partial charge in [0.1, 0.15) is 0 Å². The molecule has 0 saturated carbocycles. The van der Waals surface area contributed by atoms with Crippen LogP contribution in [0.2, 0.25) is 0 Å². The molecule has 0 aliphatic heterocycles. The summed E-state index contributed by atoms with van der Waals surface area (Å²) in [6.07, 6.45) is 13.2. The van der Waals surface area contributed by atoms with Crippen LogP contribution in [0.5, 0.6) is 0 Å². The minimum absolute atomic E-state index is 0. The second kappa shape index (κ2) is 31.7. The fourth-order valence-electron chi connectivity index (χ4n) is 1.48. The van der Waals surface area contributed by atoms with Crippen LogP contribution >= 0.6 is 7.92 Å². The Labute approximate surface area is 149 Å². The van der Waals surface area contributed by atoms with Crippen molar-refractivity contribution in [2.24, 2.45) is 0 Å². The molecule has 0 saturated heterocycles. The number of hydrogen-bond acceptors (Lipinski definition) is 4. The second-order valence-corrected chi connectivity index (χ2v) is 7.13. The molecule has 0 bridgehead atoms. The van der Waals surface area contributed by atoms with Crippen LogP contribution < -0.4 is 0 Å². The molecular weight excluding hydrogens is 346 g/mol. The van der Waals surface area contributed by atoms with E-state index in [0.717, 1.165) is 0 Å². The van der Waals surface area contributed by atoms with Gasteiger partial charge >= 0.3 is 17.1 Å². The van der Waals surface area contributed by atoms with Crippen LogP contribution in [0.1, 0.15) is 59.3 Å². The van der Waals surface area contributed by atoms with Gasteiger partial charge in [-0.3, -0.25) is 0 Å². The quantitative estimate of drug-likeness (QED) is 0.250. The molecule has 0 aromatic heterocycles. The van der Waals surface area contributed by atoms with Gasteiger partial charge in [0.05, 0.1) is 0 Å². The Kier molecular flexibility index (Phi) is 45.1. The van der Waals surface area contributed by atoms with Crippen molar-refractivity contribution in [3.05, 3.63) is 0 Å². The summed E-state index contributed by atoms with van der Waals surface area (Å²) in [5, 5.41) is 16.9. The van der Waals surface area contributed by atoms with E-state index < -0.39 is 0 Å². The maximum Gasteiger partial charge on any atom is 2.00 e. The molecule has 0 aromatic rings. The van der Waals surface area contributed by atoms with E-state index in [2.05, 4.69) is 46.0 Å². The average molecular weight is 373 g/mol. The van der Waals surface area contributed by atoms with Gasteiger partial charge in [0.2, 0.25) is 0 Å². The molecule has 2 nitrogen and oxygen atoms in total. The van der Waals surface area contributed by atoms with Crippen molar-refractivity contribution >= 4 is 33.2 Å². The third-order valence-corrected chi connectivity index (χ3v) is 5.33. The number of thiocyanates is 2. The molecule has 0 unspecified atom stereocenters. The largest absolute Gasteiger partial charge is 2.00 e. The zero-order chi connectivity index (χ0) is 15.4. The van der Waals surface area contributed by atoms with Gasteiger partial charge in [0, 0.05) is 0 Å². The summed E-state index contributed by atoms with van der Waals surface area (Å²) in [4.78, 5) is 0. The first kappa shape index (κ1) is 28.5. The first-order chi connectivity index (χ1) is 9.17. The van der Waals surface area contributed by atoms with E-state index in [0.29, 0.717) is 7.92 Å². The third kappa shape index (κ3) is 36.2. The zero-order valence-electron chi connectivity index (χ0n) is 12.9. The number of hydrogen-bond donors (Lipinski definition) is 0. The van der Waals surface area contributed by atoms with Crippen molar-refractivity contribution in [1.82, 2.24) is 0 Å². The topological polar surface area (TPSA) is 47.6 Å². The maximum absolute atomic E-state index is 7.13. The van der Waals surface area contributed by atoms with Crippen molar-refractivity contribution in [2.75, 3.05) is 18.5 Å². The third-order valence-electron chi connectivity index (χ3n) is 2.48. The van der Waals surface area contributed by atoms with Crippen molar-refractivity contribution in [3.63, 3.8) is 0 Å². The molecule has 0 fully saturated rings. The number of nitriles is 2. The Balaban J connectivity index is -0.000000156. The molecule has 0 aliphatic rings. The Bertz CT molecular complexity index is 199. The van der Waals surface area contributed by atoms with Gasteiger partial charge in [-0.1, -0.05) is 50.8 Å². The summed E-state index contributed by atoms with van der Waals surface area (Å²) in [5.41, 5.74) is 0. The van der Waals surface area contributed by atoms with Crippen molar-refractivity contribution in [2.45, 2.75) is 59.3 Å². The molecule has 20 heavy (non-hydrogen) atoms. The Morgan fingerprint density at radius 2 is 0.950 bits per heavy atom. The van der Waals surface area contributed by atoms with Crippen LogP contribution in [0.4, 0.5) is 0 Å². The second-order valence-electron chi connectivity index (χ2n) is 4.08. The molecule has 0 amide bonds. The van der Waals surface area contributed by atoms with E-state index in [1.165, 1.54) is 49.3 Å². The molecule has 0 atom stereocenters. The van der Waals surface area contributed by atoms with Gasteiger partial charge in [-0.05, 0) is 37.7 Å². The normalized spacial score (nSPS) is 7.90. The predicted octanol–water partition coefficient (Wildman–Crippen LogP) is 4.89. The first-order valence-electron chi connectivity index (χ1n) is 6.93. The van der Waals surface area contributed by atoms with Crippen LogP contribution in [0.3, 0.4) is 0 Å². The smallest absolute Gasteiger partial charge is 0.696 e. The molecule has 0 N–H and O–H groups in total. The van der Waals surface area contributed by atoms with Crippen LogP contribution in [-0.4, -0.2) is 18.5 Å². The summed E-state index contributed by atoms with van der Waals surface area (Å²) in [5.74, 6) is 0. The molecule has 0 rings (SSSR count). The van der Waals surface area contributed by atoms with Gasteiger partial charge in [-0.2, -0.15) is 0 Å². The fraction of sp³-hybridized carbons (Fsp3) is 0.857. The van der Waals surface area contributed by atoms with Crippen LogP contribution in [0, 0.1) is 21.3 Å². The summed E-state index contributed by atoms with van der Waals surface area (Å²) >= 11 is 7.40. The Morgan fingerprint density at radius 1 is 0.750 bits per heavy atom. The molecule has 0 aliphatic carbocycles. The van der Waals surface area contributed by atoms with Gasteiger partial charge < -0.3 is 25.3 Å². The first-order valence-corrected chi connectivity index (χ1v) is 9.64. The van der Waals surface area contributed by atoms with E-state index >= 15 is 0 Å². The number of rotatable bonds is 9. The predicted molar refractivity (Wildman–Crippen MR) is 92.2 cm³/mol. The van der Waals surface area contributed by atoms with Crippen molar-refractivity contribution < 1.29 is 17.1 Å². The summed E-state index contributed by atoms with van der Waals surface area (Å²) in [6, 6.07) is 0. The van der Waals surface area contributed by atoms with Crippen molar-refractivity contribution in [1.29, 1.82) is 10.5 Å². The van der Waals surface area contributed by atoms with Crippen LogP contribution in [0.15, 0.2) is 0 Å². The molecule has 6 heteroatoms. The number of unbranched alkanes of at least 4 members (excludes halogenated alkanes) is 3. The van der Waals surface area contributed by atoms with Crippen LogP contribution in [-0.2, 0) is 42.3 Å². The molecule has 0 aromatic carbocycles. The minimum atomic E-state index is 0. The molecule has 0 spiro atoms. The van der Waals surface area contributed by atoms with Crippen LogP contribution in [0.25, 0.3) is 0 Å². The summed E-state index contributed by atoms with van der Waals surface area (Å²) in [7, 11) is 0.422. The number of nitrogens with zero attached hydrogens (tertiary/aromatic N) is 2. The van der Waals surface area contributed by atoms with E-state index in [1.807, 2.05) is 0 Å². The zero-order valence-corrected chi connectivity index (χ0v) is 16.6. The molecule has 1 radical (unpaired) electrons. The van der Waals surface area contributed by atoms with Crippen molar-refractivity contribution in [3.8, 4) is 10.8 Å². The fourth-order valence-corrected chi connectivity index (χ4v) is 4.44. The van der Waals surface area contributed by atoms with E-state index in [-0.39, 0.29) is 17.1 Å². The summed E-state index contributed by atoms with van der Waals surface area (Å²) in [6.45, 7) is 6.94. The van der Waals surface area contributed by atoms with Gasteiger partial charge in [-0.15, -0.1) is 7.92 Å². The Morgan fingerprint density at radius 3 is 1.10 bits per heavy atom. The Hall–Kier alpha value is 0.369. The maximum atomic E-state index is 7.13. The monoisotopic (exact) mass is 373 g/mol. The molecular formula is C14H27MnN2PS2. The SMILES string of the molecule is CCCCP(CCCC)CCCC.N#C[S-].N#C[S-].[Mn+2]. The van der Waals surface area contributed by atoms with E-state index in [1.54, 1.807) is 18.5 Å². The van der Waals surface area contributed by atoms with E-state index in [9.17, 15) is 0 Å². The van der Waals surface area contributed by atoms with Gasteiger partial charge in [-0.25, -0.2) is 10.5 Å². The average Bonchev–Trinajstić information content (AvgIpc) is 2.40. The standard InChI is InChI=1S/C12H27P.2CHNS.Mn/c1-4-7-10-13(11-8-5-2)12-9-6-3;2*2-1-3;/h4-12H2,1-3H3;2*3H;/q;;;+2/p-2. The molecule has 117 valence electrons. The summed E-state index contributed by atoms with van der Waals surface area (Å²) < 4.78 is 0. The van der Waals surface area contributed by atoms with Gasteiger partial charge in [0.25, 0.3) is 0 Å². The minimum Gasteiger partial charge on any atom is -0.696 e. The van der Waals surface area contributed by atoms with E-state index in [4.69, 9.17) is 10.5 Å². The van der Waals surface area contributed by atoms with Gasteiger partial charge in [0.15, 0.2) is 0 Å². The molecule has 0 heterocycles.